The summed E-state index contributed by atoms with van der Waals surface area (Å²) in [7, 11) is 0. The summed E-state index contributed by atoms with van der Waals surface area (Å²) in [5.74, 6) is -1.73. The Morgan fingerprint density at radius 2 is 1.81 bits per heavy atom. The topological polar surface area (TPSA) is 162 Å². The van der Waals surface area contributed by atoms with Gasteiger partial charge in [0.15, 0.2) is 0 Å². The van der Waals surface area contributed by atoms with Gasteiger partial charge in [-0.15, -0.1) is 0 Å². The lowest BCUT2D eigenvalue weighted by molar-refractivity contribution is -0.143. The monoisotopic (exact) mass is 522 g/mol. The Morgan fingerprint density at radius 1 is 1.14 bits per heavy atom. The van der Waals surface area contributed by atoms with Crippen LogP contribution in [-0.2, 0) is 25.6 Å². The van der Waals surface area contributed by atoms with Crippen LogP contribution in [0.4, 0.5) is 0 Å². The molecule has 36 heavy (non-hydrogen) atoms. The number of carboxylic acid groups (broad SMARTS) is 1. The average Bonchev–Trinajstić information content (AvgIpc) is 3.32. The van der Waals surface area contributed by atoms with Crippen molar-refractivity contribution in [1.29, 1.82) is 0 Å². The number of aromatic hydroxyl groups is 1. The highest BCUT2D eigenvalue weighted by atomic mass is 32.2. The molecule has 1 aromatic carbocycles. The molecule has 1 aromatic rings. The number of likely N-dealkylation sites (tertiary alicyclic amines) is 1. The summed E-state index contributed by atoms with van der Waals surface area (Å²) < 4.78 is 0. The minimum atomic E-state index is -1.15. The van der Waals surface area contributed by atoms with E-state index in [1.54, 1.807) is 23.9 Å². The van der Waals surface area contributed by atoms with Crippen LogP contribution >= 0.6 is 11.8 Å². The van der Waals surface area contributed by atoms with Gasteiger partial charge in [0.1, 0.15) is 23.9 Å². The molecule has 4 unspecified atom stereocenters. The highest BCUT2D eigenvalue weighted by molar-refractivity contribution is 7.98. The fraction of sp³-hybridized carbons (Fsp3) is 0.600. The second-order valence-corrected chi connectivity index (χ2v) is 10.5. The molecule has 0 aliphatic carbocycles. The van der Waals surface area contributed by atoms with Crippen molar-refractivity contribution in [3.8, 4) is 5.75 Å². The maximum absolute atomic E-state index is 13.3. The fourth-order valence-electron chi connectivity index (χ4n) is 4.19. The van der Waals surface area contributed by atoms with E-state index in [0.717, 1.165) is 5.75 Å². The Labute approximate surface area is 216 Å². The van der Waals surface area contributed by atoms with E-state index in [0.29, 0.717) is 31.4 Å². The predicted octanol–water partition coefficient (Wildman–Crippen LogP) is 1.11. The number of aliphatic carboxylic acids is 1. The van der Waals surface area contributed by atoms with E-state index < -0.39 is 42.0 Å². The number of phenols is 1. The molecule has 1 saturated heterocycles. The average molecular weight is 523 g/mol. The zero-order chi connectivity index (χ0) is 26.8. The van der Waals surface area contributed by atoms with Crippen molar-refractivity contribution < 1.29 is 29.4 Å². The summed E-state index contributed by atoms with van der Waals surface area (Å²) in [5, 5.41) is 24.4. The molecular weight excluding hydrogens is 484 g/mol. The third kappa shape index (κ3) is 8.70. The lowest BCUT2D eigenvalue weighted by Gasteiger charge is -2.29. The molecule has 1 aliphatic rings. The molecule has 11 heteroatoms. The van der Waals surface area contributed by atoms with E-state index in [1.807, 2.05) is 20.1 Å². The molecule has 1 heterocycles. The molecule has 6 N–H and O–H groups in total. The molecule has 1 fully saturated rings. The lowest BCUT2D eigenvalue weighted by atomic mass is 10.0. The zero-order valence-electron chi connectivity index (χ0n) is 21.1. The van der Waals surface area contributed by atoms with Crippen molar-refractivity contribution in [3.63, 3.8) is 0 Å². The molecule has 2 rings (SSSR count). The van der Waals surface area contributed by atoms with Gasteiger partial charge in [-0.1, -0.05) is 26.0 Å². The number of benzene rings is 1. The van der Waals surface area contributed by atoms with Crippen LogP contribution in [-0.4, -0.2) is 81.5 Å². The van der Waals surface area contributed by atoms with Crippen LogP contribution in [0.2, 0.25) is 0 Å². The van der Waals surface area contributed by atoms with E-state index in [1.165, 1.54) is 17.0 Å². The number of carbonyl (C=O) groups excluding carboxylic acids is 3. The predicted molar refractivity (Wildman–Crippen MR) is 138 cm³/mol. The number of thioether (sulfide) groups is 1. The summed E-state index contributed by atoms with van der Waals surface area (Å²) in [6.45, 7) is 4.12. The summed E-state index contributed by atoms with van der Waals surface area (Å²) in [5.41, 5.74) is 6.72. The first-order valence-electron chi connectivity index (χ1n) is 12.2. The number of nitrogens with zero attached hydrogens (tertiary/aromatic N) is 1. The van der Waals surface area contributed by atoms with Crippen LogP contribution in [0.15, 0.2) is 24.3 Å². The summed E-state index contributed by atoms with van der Waals surface area (Å²) in [6, 6.07) is 2.57. The second-order valence-electron chi connectivity index (χ2n) is 9.54. The summed E-state index contributed by atoms with van der Waals surface area (Å²) in [4.78, 5) is 52.5. The minimum absolute atomic E-state index is 0.0323. The number of amides is 3. The normalized spacial score (nSPS) is 17.9. The largest absolute Gasteiger partial charge is 0.508 e. The third-order valence-corrected chi connectivity index (χ3v) is 6.76. The van der Waals surface area contributed by atoms with E-state index >= 15 is 0 Å². The first kappa shape index (κ1) is 29.4. The highest BCUT2D eigenvalue weighted by Crippen LogP contribution is 2.20. The minimum Gasteiger partial charge on any atom is -0.508 e. The maximum Gasteiger partial charge on any atom is 0.326 e. The van der Waals surface area contributed by atoms with Gasteiger partial charge in [-0.2, -0.15) is 11.8 Å². The van der Waals surface area contributed by atoms with Gasteiger partial charge in [0.05, 0.1) is 6.04 Å². The molecule has 1 aliphatic heterocycles. The number of hydrogen-bond acceptors (Lipinski definition) is 7. The van der Waals surface area contributed by atoms with Gasteiger partial charge in [-0.3, -0.25) is 14.4 Å². The standard InChI is InChI=1S/C25H38N4O6S/c1-15(2)13-20(25(34)35)28-22(31)19(14-16-6-8-17(30)9-7-16)27-23(32)21-5-4-11-29(21)24(33)18(26)10-12-36-3/h6-9,15,18-21,30H,4-5,10-14,26H2,1-3H3,(H,27,32)(H,28,31)(H,34,35). The number of nitrogens with one attached hydrogen (secondary N) is 2. The first-order chi connectivity index (χ1) is 17.0. The molecule has 0 spiro atoms. The molecule has 4 atom stereocenters. The van der Waals surface area contributed by atoms with Crippen LogP contribution in [0.25, 0.3) is 0 Å². The SMILES string of the molecule is CSCCC(N)C(=O)N1CCCC1C(=O)NC(Cc1ccc(O)cc1)C(=O)NC(CC(C)C)C(=O)O. The Kier molecular flexibility index (Phi) is 11.5. The molecule has 3 amide bonds. The van der Waals surface area contributed by atoms with Crippen LogP contribution in [0.1, 0.15) is 45.1 Å². The van der Waals surface area contributed by atoms with Gasteiger partial charge in [0.25, 0.3) is 0 Å². The quantitative estimate of drug-likeness (QED) is 0.257. The second kappa shape index (κ2) is 14.1. The van der Waals surface area contributed by atoms with Gasteiger partial charge in [-0.25, -0.2) is 4.79 Å². The van der Waals surface area contributed by atoms with Crippen LogP contribution in [0, 0.1) is 5.92 Å². The number of carbonyl (C=O) groups is 4. The Balaban J connectivity index is 2.19. The van der Waals surface area contributed by atoms with Crippen LogP contribution < -0.4 is 16.4 Å². The first-order valence-corrected chi connectivity index (χ1v) is 13.6. The zero-order valence-corrected chi connectivity index (χ0v) is 21.9. The number of carboxylic acids is 1. The van der Waals surface area contributed by atoms with Crippen molar-refractivity contribution >= 4 is 35.5 Å². The molecule has 0 bridgehead atoms. The number of hydrogen-bond donors (Lipinski definition) is 5. The van der Waals surface area contributed by atoms with Crippen LogP contribution in [0.3, 0.4) is 0 Å². The molecule has 10 nitrogen and oxygen atoms in total. The van der Waals surface area contributed by atoms with E-state index in [-0.39, 0.29) is 30.4 Å². The number of nitrogens with two attached hydrogens (primary N) is 1. The fourth-order valence-corrected chi connectivity index (χ4v) is 4.68. The van der Waals surface area contributed by atoms with Crippen molar-refractivity contribution in [2.24, 2.45) is 11.7 Å². The van der Waals surface area contributed by atoms with Crippen molar-refractivity contribution in [3.05, 3.63) is 29.8 Å². The molecule has 0 saturated carbocycles. The van der Waals surface area contributed by atoms with Gasteiger partial charge in [0.2, 0.25) is 17.7 Å². The van der Waals surface area contributed by atoms with Crippen molar-refractivity contribution in [2.75, 3.05) is 18.6 Å². The lowest BCUT2D eigenvalue weighted by Crippen LogP contribution is -2.57. The van der Waals surface area contributed by atoms with Gasteiger partial charge in [0, 0.05) is 13.0 Å². The summed E-state index contributed by atoms with van der Waals surface area (Å²) >= 11 is 1.59. The van der Waals surface area contributed by atoms with Gasteiger partial charge >= 0.3 is 5.97 Å². The smallest absolute Gasteiger partial charge is 0.326 e. The van der Waals surface area contributed by atoms with E-state index in [9.17, 15) is 29.4 Å². The Morgan fingerprint density at radius 3 is 2.39 bits per heavy atom. The van der Waals surface area contributed by atoms with Crippen molar-refractivity contribution in [1.82, 2.24) is 15.5 Å². The molecule has 200 valence electrons. The highest BCUT2D eigenvalue weighted by Gasteiger charge is 2.38. The number of phenolic OH excluding ortho intramolecular Hbond substituents is 1. The Hall–Kier alpha value is -2.79. The van der Waals surface area contributed by atoms with Crippen molar-refractivity contribution in [2.45, 2.75) is 70.1 Å². The third-order valence-electron chi connectivity index (χ3n) is 6.12. The Bertz CT molecular complexity index is 910. The van der Waals surface area contributed by atoms with Crippen LogP contribution in [0.5, 0.6) is 5.75 Å². The molecule has 0 radical (unpaired) electrons. The van der Waals surface area contributed by atoms with E-state index in [2.05, 4.69) is 10.6 Å². The molecule has 0 aromatic heterocycles. The molecular formula is C25H38N4O6S. The van der Waals surface area contributed by atoms with Gasteiger partial charge in [-0.05, 0) is 61.3 Å². The summed E-state index contributed by atoms with van der Waals surface area (Å²) in [6.07, 6.45) is 3.84. The van der Waals surface area contributed by atoms with Gasteiger partial charge < -0.3 is 31.5 Å². The maximum atomic E-state index is 13.3. The van der Waals surface area contributed by atoms with E-state index in [4.69, 9.17) is 5.73 Å². The number of rotatable bonds is 13.